The molecule has 1 heterocycles. The number of rotatable bonds is 4. The van der Waals surface area contributed by atoms with Crippen molar-refractivity contribution in [2.75, 3.05) is 0 Å². The number of benzene rings is 1. The maximum absolute atomic E-state index is 12.8. The van der Waals surface area contributed by atoms with Gasteiger partial charge in [0.25, 0.3) is 0 Å². The summed E-state index contributed by atoms with van der Waals surface area (Å²) < 4.78 is 1.88. The van der Waals surface area contributed by atoms with Crippen LogP contribution in [0.15, 0.2) is 36.5 Å². The number of aryl methyl sites for hydroxylation is 1. The van der Waals surface area contributed by atoms with Crippen LogP contribution in [0, 0.1) is 24.7 Å². The van der Waals surface area contributed by atoms with E-state index in [1.54, 1.807) is 0 Å². The lowest BCUT2D eigenvalue weighted by molar-refractivity contribution is -0.128. The Morgan fingerprint density at radius 3 is 2.59 bits per heavy atom. The molecule has 2 aromatic rings. The van der Waals surface area contributed by atoms with E-state index in [9.17, 15) is 4.79 Å². The van der Waals surface area contributed by atoms with Gasteiger partial charge in [0.1, 0.15) is 0 Å². The number of hydrogen-bond donors (Lipinski definition) is 2. The van der Waals surface area contributed by atoms with Gasteiger partial charge in [0, 0.05) is 24.7 Å². The second kappa shape index (κ2) is 8.44. The van der Waals surface area contributed by atoms with Crippen molar-refractivity contribution >= 4 is 18.3 Å². The van der Waals surface area contributed by atoms with Gasteiger partial charge in [-0.2, -0.15) is 5.10 Å². The second-order valence-corrected chi connectivity index (χ2v) is 7.94. The van der Waals surface area contributed by atoms with Crippen LogP contribution in [0.1, 0.15) is 43.4 Å². The van der Waals surface area contributed by atoms with E-state index in [1.165, 1.54) is 19.3 Å². The van der Waals surface area contributed by atoms with Crippen molar-refractivity contribution in [3.05, 3.63) is 47.8 Å². The van der Waals surface area contributed by atoms with Crippen LogP contribution < -0.4 is 11.1 Å². The molecule has 2 atom stereocenters. The molecule has 0 saturated heterocycles. The molecule has 6 heteroatoms. The average molecular weight is 389 g/mol. The highest BCUT2D eigenvalue weighted by molar-refractivity contribution is 5.85. The highest BCUT2D eigenvalue weighted by atomic mass is 35.5. The van der Waals surface area contributed by atoms with Crippen LogP contribution in [0.25, 0.3) is 5.69 Å². The first-order valence-electron chi connectivity index (χ1n) is 9.75. The zero-order chi connectivity index (χ0) is 18.1. The number of hydrogen-bond acceptors (Lipinski definition) is 3. The molecule has 2 fully saturated rings. The van der Waals surface area contributed by atoms with Crippen LogP contribution in [0.4, 0.5) is 0 Å². The molecule has 0 aliphatic heterocycles. The Labute approximate surface area is 167 Å². The number of carbonyl (C=O) groups excluding carboxylic acids is 1. The molecule has 3 N–H and O–H groups in total. The van der Waals surface area contributed by atoms with E-state index in [4.69, 9.17) is 5.73 Å². The third-order valence-corrected chi connectivity index (χ3v) is 6.20. The van der Waals surface area contributed by atoms with Gasteiger partial charge in [-0.15, -0.1) is 12.4 Å². The summed E-state index contributed by atoms with van der Waals surface area (Å²) in [6.45, 7) is 2.51. The number of halogens is 1. The van der Waals surface area contributed by atoms with Crippen LogP contribution in [-0.2, 0) is 11.3 Å². The Morgan fingerprint density at radius 1 is 1.22 bits per heavy atom. The van der Waals surface area contributed by atoms with Gasteiger partial charge in [-0.3, -0.25) is 4.79 Å². The van der Waals surface area contributed by atoms with Crippen LogP contribution in [0.3, 0.4) is 0 Å². The topological polar surface area (TPSA) is 72.9 Å². The number of nitrogens with one attached hydrogen (secondary N) is 1. The van der Waals surface area contributed by atoms with Gasteiger partial charge >= 0.3 is 0 Å². The van der Waals surface area contributed by atoms with Gasteiger partial charge in [-0.25, -0.2) is 4.68 Å². The Balaban J connectivity index is 0.00000210. The lowest BCUT2D eigenvalue weighted by Gasteiger charge is -2.43. The Morgan fingerprint density at radius 2 is 1.93 bits per heavy atom. The molecule has 0 spiro atoms. The molecule has 1 aromatic carbocycles. The highest BCUT2D eigenvalue weighted by Gasteiger charge is 2.40. The molecule has 27 heavy (non-hydrogen) atoms. The van der Waals surface area contributed by atoms with E-state index >= 15 is 0 Å². The minimum Gasteiger partial charge on any atom is -0.352 e. The van der Waals surface area contributed by atoms with E-state index in [1.807, 2.05) is 42.1 Å². The van der Waals surface area contributed by atoms with E-state index < -0.39 is 0 Å². The largest absolute Gasteiger partial charge is 0.352 e. The lowest BCUT2D eigenvalue weighted by Crippen LogP contribution is -2.49. The molecule has 1 aromatic heterocycles. The predicted molar refractivity (Wildman–Crippen MR) is 109 cm³/mol. The molecular weight excluding hydrogens is 360 g/mol. The lowest BCUT2D eigenvalue weighted by atomic mass is 9.65. The minimum atomic E-state index is 0. The summed E-state index contributed by atoms with van der Waals surface area (Å²) in [4.78, 5) is 12.8. The van der Waals surface area contributed by atoms with Gasteiger partial charge < -0.3 is 11.1 Å². The van der Waals surface area contributed by atoms with Crippen LogP contribution in [0.5, 0.6) is 0 Å². The smallest absolute Gasteiger partial charge is 0.223 e. The van der Waals surface area contributed by atoms with Crippen molar-refractivity contribution in [2.45, 2.75) is 51.6 Å². The fraction of sp³-hybridized carbons (Fsp3) is 0.524. The first-order chi connectivity index (χ1) is 12.6. The fourth-order valence-electron chi connectivity index (χ4n) is 4.76. The first-order valence-corrected chi connectivity index (χ1v) is 9.75. The van der Waals surface area contributed by atoms with Crippen molar-refractivity contribution < 1.29 is 4.79 Å². The van der Waals surface area contributed by atoms with E-state index in [0.29, 0.717) is 24.4 Å². The number of carbonyl (C=O) groups is 1. The summed E-state index contributed by atoms with van der Waals surface area (Å²) in [5, 5.41) is 7.66. The molecule has 2 aliphatic rings. The molecule has 2 unspecified atom stereocenters. The van der Waals surface area contributed by atoms with Crippen LogP contribution in [-0.4, -0.2) is 21.7 Å². The predicted octanol–water partition coefficient (Wildman–Crippen LogP) is 3.37. The van der Waals surface area contributed by atoms with Gasteiger partial charge in [0.2, 0.25) is 5.91 Å². The standard InChI is InChI=1S/C21H28N4O.ClH/c1-14-9-10-25(24-14)19-8-3-2-5-17(19)13-23-21(26)18-11-15-6-4-7-16(12-18)20(15)22;/h2-3,5,8-10,15-16,18,20H,4,6-7,11-13,22H2,1H3,(H,23,26);1H. The summed E-state index contributed by atoms with van der Waals surface area (Å²) >= 11 is 0. The monoisotopic (exact) mass is 388 g/mol. The minimum absolute atomic E-state index is 0. The maximum atomic E-state index is 12.8. The fourth-order valence-corrected chi connectivity index (χ4v) is 4.76. The second-order valence-electron chi connectivity index (χ2n) is 7.94. The zero-order valence-corrected chi connectivity index (χ0v) is 16.6. The Kier molecular flexibility index (Phi) is 6.22. The van der Waals surface area contributed by atoms with Crippen molar-refractivity contribution in [3.63, 3.8) is 0 Å². The summed E-state index contributed by atoms with van der Waals surface area (Å²) in [6, 6.07) is 10.4. The molecule has 146 valence electrons. The van der Waals surface area contributed by atoms with Crippen molar-refractivity contribution in [1.29, 1.82) is 0 Å². The van der Waals surface area contributed by atoms with Crippen molar-refractivity contribution in [1.82, 2.24) is 15.1 Å². The van der Waals surface area contributed by atoms with E-state index in [-0.39, 0.29) is 24.2 Å². The number of fused-ring (bicyclic) bond motifs is 2. The van der Waals surface area contributed by atoms with E-state index in [2.05, 4.69) is 16.5 Å². The maximum Gasteiger partial charge on any atom is 0.223 e. The summed E-state index contributed by atoms with van der Waals surface area (Å²) in [6.07, 6.45) is 7.49. The average Bonchev–Trinajstić information content (AvgIpc) is 3.06. The van der Waals surface area contributed by atoms with E-state index in [0.717, 1.165) is 29.8 Å². The summed E-state index contributed by atoms with van der Waals surface area (Å²) in [5.74, 6) is 1.35. The normalized spacial score (nSPS) is 26.9. The van der Waals surface area contributed by atoms with Crippen molar-refractivity contribution in [2.24, 2.45) is 23.5 Å². The molecular formula is C21H29ClN4O. The SMILES string of the molecule is Cc1ccn(-c2ccccc2CNC(=O)C2CC3CCCC(C2)C3N)n1.Cl. The summed E-state index contributed by atoms with van der Waals surface area (Å²) in [7, 11) is 0. The van der Waals surface area contributed by atoms with Crippen LogP contribution >= 0.6 is 12.4 Å². The molecule has 5 nitrogen and oxygen atoms in total. The zero-order valence-electron chi connectivity index (χ0n) is 15.8. The molecule has 2 bridgehead atoms. The number of amides is 1. The third-order valence-electron chi connectivity index (χ3n) is 6.20. The third kappa shape index (κ3) is 4.19. The molecule has 1 amide bonds. The van der Waals surface area contributed by atoms with Crippen LogP contribution in [0.2, 0.25) is 0 Å². The quantitative estimate of drug-likeness (QED) is 0.843. The Hall–Kier alpha value is -1.85. The number of para-hydroxylation sites is 1. The number of nitrogens with zero attached hydrogens (tertiary/aromatic N) is 2. The van der Waals surface area contributed by atoms with Gasteiger partial charge in [-0.05, 0) is 62.1 Å². The number of nitrogens with two attached hydrogens (primary N) is 1. The van der Waals surface area contributed by atoms with Gasteiger partial charge in [0.15, 0.2) is 0 Å². The molecule has 0 radical (unpaired) electrons. The Bertz CT molecular complexity index is 776. The highest BCUT2D eigenvalue weighted by Crippen LogP contribution is 2.41. The van der Waals surface area contributed by atoms with Gasteiger partial charge in [-0.1, -0.05) is 24.6 Å². The molecule has 2 aliphatic carbocycles. The molecule has 4 rings (SSSR count). The number of aromatic nitrogens is 2. The first kappa shape index (κ1) is 19.9. The van der Waals surface area contributed by atoms with Gasteiger partial charge in [0.05, 0.1) is 11.4 Å². The van der Waals surface area contributed by atoms with Crippen molar-refractivity contribution in [3.8, 4) is 5.69 Å². The summed E-state index contributed by atoms with van der Waals surface area (Å²) in [5.41, 5.74) is 9.43. The molecule has 2 saturated carbocycles.